The number of carbonyl (C=O) groups excluding carboxylic acids is 1. The number of carboxylic acid groups (broad SMARTS) is 1. The number of hydrogen-bond acceptors (Lipinski definition) is 3. The lowest BCUT2D eigenvalue weighted by Gasteiger charge is -2.32. The molecule has 2 atom stereocenters. The first-order chi connectivity index (χ1) is 9.65. The number of benzene rings is 1. The van der Waals surface area contributed by atoms with Gasteiger partial charge in [0.1, 0.15) is 5.75 Å². The summed E-state index contributed by atoms with van der Waals surface area (Å²) in [7, 11) is 0. The van der Waals surface area contributed by atoms with E-state index in [0.717, 1.165) is 17.7 Å². The second-order valence-electron chi connectivity index (χ2n) is 5.38. The zero-order chi connectivity index (χ0) is 14.1. The fourth-order valence-electron chi connectivity index (χ4n) is 2.90. The SMILES string of the molecule is O=C(O)[C@H]1CCCN(C(=O)C2Cc3ccccc3O2)C1. The van der Waals surface area contributed by atoms with Crippen molar-refractivity contribution in [2.75, 3.05) is 13.1 Å². The number of aliphatic carboxylic acids is 1. The third-order valence-electron chi connectivity index (χ3n) is 4.00. The number of carboxylic acids is 1. The third-order valence-corrected chi connectivity index (χ3v) is 4.00. The summed E-state index contributed by atoms with van der Waals surface area (Å²) in [5.74, 6) is -0.598. The van der Waals surface area contributed by atoms with Gasteiger partial charge in [-0.15, -0.1) is 0 Å². The summed E-state index contributed by atoms with van der Waals surface area (Å²) in [4.78, 5) is 25.1. The molecule has 1 aromatic rings. The molecule has 0 radical (unpaired) electrons. The molecule has 2 aliphatic rings. The maximum absolute atomic E-state index is 12.4. The zero-order valence-corrected chi connectivity index (χ0v) is 11.1. The van der Waals surface area contributed by atoms with Crippen LogP contribution in [-0.2, 0) is 16.0 Å². The largest absolute Gasteiger partial charge is 0.481 e. The Morgan fingerprint density at radius 1 is 1.30 bits per heavy atom. The smallest absolute Gasteiger partial charge is 0.308 e. The first kappa shape index (κ1) is 13.0. The van der Waals surface area contributed by atoms with E-state index < -0.39 is 18.0 Å². The van der Waals surface area contributed by atoms with Gasteiger partial charge in [0.15, 0.2) is 6.10 Å². The van der Waals surface area contributed by atoms with Gasteiger partial charge in [-0.3, -0.25) is 9.59 Å². The summed E-state index contributed by atoms with van der Waals surface area (Å²) < 4.78 is 5.68. The molecule has 1 amide bonds. The van der Waals surface area contributed by atoms with Crippen molar-refractivity contribution in [1.29, 1.82) is 0 Å². The molecule has 5 nitrogen and oxygen atoms in total. The normalized spacial score (nSPS) is 24.9. The molecule has 3 rings (SSSR count). The molecule has 20 heavy (non-hydrogen) atoms. The van der Waals surface area contributed by atoms with Crippen molar-refractivity contribution in [2.45, 2.75) is 25.4 Å². The van der Waals surface area contributed by atoms with E-state index in [0.29, 0.717) is 25.9 Å². The molecule has 5 heteroatoms. The molecule has 0 aliphatic carbocycles. The number of piperidine rings is 1. The number of ether oxygens (including phenoxy) is 1. The maximum Gasteiger partial charge on any atom is 0.308 e. The minimum Gasteiger partial charge on any atom is -0.481 e. The summed E-state index contributed by atoms with van der Waals surface area (Å²) in [5, 5.41) is 9.08. The molecule has 0 saturated carbocycles. The van der Waals surface area contributed by atoms with E-state index in [-0.39, 0.29) is 5.91 Å². The molecular weight excluding hydrogens is 258 g/mol. The highest BCUT2D eigenvalue weighted by Crippen LogP contribution is 2.29. The lowest BCUT2D eigenvalue weighted by Crippen LogP contribution is -2.47. The quantitative estimate of drug-likeness (QED) is 0.883. The van der Waals surface area contributed by atoms with Crippen LogP contribution < -0.4 is 4.74 Å². The van der Waals surface area contributed by atoms with Crippen LogP contribution in [0.15, 0.2) is 24.3 Å². The van der Waals surface area contributed by atoms with E-state index in [4.69, 9.17) is 9.84 Å². The van der Waals surface area contributed by atoms with Gasteiger partial charge in [0, 0.05) is 19.5 Å². The Morgan fingerprint density at radius 3 is 2.85 bits per heavy atom. The number of hydrogen-bond donors (Lipinski definition) is 1. The van der Waals surface area contributed by atoms with Crippen LogP contribution in [0, 0.1) is 5.92 Å². The molecule has 1 fully saturated rings. The van der Waals surface area contributed by atoms with Crippen molar-refractivity contribution < 1.29 is 19.4 Å². The van der Waals surface area contributed by atoms with Crippen LogP contribution >= 0.6 is 0 Å². The zero-order valence-electron chi connectivity index (χ0n) is 11.1. The van der Waals surface area contributed by atoms with Crippen LogP contribution in [0.2, 0.25) is 0 Å². The first-order valence-corrected chi connectivity index (χ1v) is 6.91. The fraction of sp³-hybridized carbons (Fsp3) is 0.467. The maximum atomic E-state index is 12.4. The number of carbonyl (C=O) groups is 2. The van der Waals surface area contributed by atoms with Gasteiger partial charge >= 0.3 is 5.97 Å². The predicted molar refractivity (Wildman–Crippen MR) is 71.5 cm³/mol. The van der Waals surface area contributed by atoms with E-state index in [9.17, 15) is 9.59 Å². The Bertz CT molecular complexity index is 517. The number of fused-ring (bicyclic) bond motifs is 1. The van der Waals surface area contributed by atoms with E-state index in [1.807, 2.05) is 24.3 Å². The molecule has 0 bridgehead atoms. The van der Waals surface area contributed by atoms with Gasteiger partial charge in [-0.25, -0.2) is 0 Å². The molecule has 0 spiro atoms. The van der Waals surface area contributed by atoms with Gasteiger partial charge in [0.05, 0.1) is 5.92 Å². The van der Waals surface area contributed by atoms with Crippen LogP contribution in [-0.4, -0.2) is 41.1 Å². The third kappa shape index (κ3) is 2.35. The Kier molecular flexibility index (Phi) is 3.34. The van der Waals surface area contributed by atoms with Gasteiger partial charge in [0.2, 0.25) is 0 Å². The van der Waals surface area contributed by atoms with E-state index in [2.05, 4.69) is 0 Å². The second-order valence-corrected chi connectivity index (χ2v) is 5.38. The van der Waals surface area contributed by atoms with Crippen LogP contribution in [0.1, 0.15) is 18.4 Å². The van der Waals surface area contributed by atoms with E-state index >= 15 is 0 Å². The van der Waals surface area contributed by atoms with Crippen molar-refractivity contribution in [3.8, 4) is 5.75 Å². The molecule has 1 aromatic carbocycles. The molecule has 2 heterocycles. The molecule has 2 aliphatic heterocycles. The van der Waals surface area contributed by atoms with Gasteiger partial charge in [-0.05, 0) is 24.5 Å². The average Bonchev–Trinajstić information content (AvgIpc) is 2.90. The first-order valence-electron chi connectivity index (χ1n) is 6.91. The summed E-state index contributed by atoms with van der Waals surface area (Å²) in [6.45, 7) is 0.920. The van der Waals surface area contributed by atoms with Crippen molar-refractivity contribution in [3.05, 3.63) is 29.8 Å². The Hall–Kier alpha value is -2.04. The lowest BCUT2D eigenvalue weighted by atomic mass is 9.97. The average molecular weight is 275 g/mol. The van der Waals surface area contributed by atoms with Crippen LogP contribution in [0.5, 0.6) is 5.75 Å². The molecule has 1 unspecified atom stereocenters. The number of rotatable bonds is 2. The monoisotopic (exact) mass is 275 g/mol. The molecule has 1 N–H and O–H groups in total. The Labute approximate surface area is 117 Å². The Morgan fingerprint density at radius 2 is 2.10 bits per heavy atom. The van der Waals surface area contributed by atoms with Crippen LogP contribution in [0.4, 0.5) is 0 Å². The lowest BCUT2D eigenvalue weighted by molar-refractivity contribution is -0.147. The molecule has 1 saturated heterocycles. The standard InChI is InChI=1S/C15H17NO4/c17-14(16-7-3-5-11(9-16)15(18)19)13-8-10-4-1-2-6-12(10)20-13/h1-2,4,6,11,13H,3,5,7-9H2,(H,18,19)/t11-,13?/m0/s1. The van der Waals surface area contributed by atoms with E-state index in [1.54, 1.807) is 4.90 Å². The summed E-state index contributed by atoms with van der Waals surface area (Å²) >= 11 is 0. The Balaban J connectivity index is 1.67. The second kappa shape index (κ2) is 5.15. The van der Waals surface area contributed by atoms with Crippen molar-refractivity contribution >= 4 is 11.9 Å². The minimum absolute atomic E-state index is 0.0906. The van der Waals surface area contributed by atoms with Gasteiger partial charge < -0.3 is 14.7 Å². The highest BCUT2D eigenvalue weighted by atomic mass is 16.5. The number of likely N-dealkylation sites (tertiary alicyclic amines) is 1. The highest BCUT2D eigenvalue weighted by Gasteiger charge is 2.35. The summed E-state index contributed by atoms with van der Waals surface area (Å²) in [5.41, 5.74) is 1.04. The van der Waals surface area contributed by atoms with Crippen LogP contribution in [0.25, 0.3) is 0 Å². The number of nitrogens with zero attached hydrogens (tertiary/aromatic N) is 1. The van der Waals surface area contributed by atoms with Gasteiger partial charge in [0.25, 0.3) is 5.91 Å². The van der Waals surface area contributed by atoms with Crippen LogP contribution in [0.3, 0.4) is 0 Å². The minimum atomic E-state index is -0.821. The topological polar surface area (TPSA) is 66.8 Å². The van der Waals surface area contributed by atoms with E-state index in [1.165, 1.54) is 0 Å². The molecular formula is C15H17NO4. The fourth-order valence-corrected chi connectivity index (χ4v) is 2.90. The highest BCUT2D eigenvalue weighted by molar-refractivity contribution is 5.83. The molecule has 106 valence electrons. The predicted octanol–water partition coefficient (Wildman–Crippen LogP) is 1.31. The van der Waals surface area contributed by atoms with Crippen molar-refractivity contribution in [2.24, 2.45) is 5.92 Å². The molecule has 0 aromatic heterocycles. The number of amides is 1. The summed E-state index contributed by atoms with van der Waals surface area (Å²) in [6, 6.07) is 7.63. The summed E-state index contributed by atoms with van der Waals surface area (Å²) in [6.07, 6.45) is 1.45. The van der Waals surface area contributed by atoms with Crippen molar-refractivity contribution in [1.82, 2.24) is 4.90 Å². The number of para-hydroxylation sites is 1. The van der Waals surface area contributed by atoms with Gasteiger partial charge in [-0.2, -0.15) is 0 Å². The van der Waals surface area contributed by atoms with Crippen molar-refractivity contribution in [3.63, 3.8) is 0 Å². The van der Waals surface area contributed by atoms with Gasteiger partial charge in [-0.1, -0.05) is 18.2 Å².